The maximum Gasteiger partial charge on any atom is 0.335 e. The third kappa shape index (κ3) is 3.12. The highest BCUT2D eigenvalue weighted by Crippen LogP contribution is 2.28. The number of carbonyl (C=O) groups is 1. The molecule has 0 aliphatic carbocycles. The Labute approximate surface area is 163 Å². The number of aromatic carboxylic acids is 1. The molecule has 8 heteroatoms. The van der Waals surface area contributed by atoms with E-state index in [-0.39, 0.29) is 11.3 Å². The van der Waals surface area contributed by atoms with E-state index in [4.69, 9.17) is 0 Å². The van der Waals surface area contributed by atoms with Crippen LogP contribution >= 0.6 is 0 Å². The Hall–Kier alpha value is -4.33. The Bertz CT molecular complexity index is 1330. The Kier molecular flexibility index (Phi) is 4.36. The van der Waals surface area contributed by atoms with Gasteiger partial charge in [0.25, 0.3) is 11.2 Å². The number of hydrogen-bond donors (Lipinski definition) is 1. The molecule has 8 nitrogen and oxygen atoms in total. The van der Waals surface area contributed by atoms with Gasteiger partial charge >= 0.3 is 5.97 Å². The summed E-state index contributed by atoms with van der Waals surface area (Å²) in [5, 5.41) is 26.1. The van der Waals surface area contributed by atoms with Crippen molar-refractivity contribution < 1.29 is 14.8 Å². The summed E-state index contributed by atoms with van der Waals surface area (Å²) in [5.74, 6) is -1.27. The maximum absolute atomic E-state index is 13.1. The predicted molar refractivity (Wildman–Crippen MR) is 106 cm³/mol. The van der Waals surface area contributed by atoms with Gasteiger partial charge in [-0.15, -0.1) is 0 Å². The summed E-state index contributed by atoms with van der Waals surface area (Å²) < 4.78 is 0.898. The molecule has 0 amide bonds. The zero-order valence-electron chi connectivity index (χ0n) is 14.9. The molecule has 1 N–H and O–H groups in total. The molecule has 1 aromatic heterocycles. The van der Waals surface area contributed by atoms with E-state index in [2.05, 4.69) is 5.10 Å². The highest BCUT2D eigenvalue weighted by Gasteiger charge is 2.22. The fourth-order valence-corrected chi connectivity index (χ4v) is 3.14. The van der Waals surface area contributed by atoms with Crippen LogP contribution in [0.4, 0.5) is 5.69 Å². The van der Waals surface area contributed by atoms with E-state index in [9.17, 15) is 24.8 Å². The molecule has 29 heavy (non-hydrogen) atoms. The molecule has 142 valence electrons. The smallest absolute Gasteiger partial charge is 0.335 e. The second-order valence-electron chi connectivity index (χ2n) is 6.24. The predicted octanol–water partition coefficient (Wildman–Crippen LogP) is 3.66. The van der Waals surface area contributed by atoms with Crippen LogP contribution in [-0.4, -0.2) is 25.8 Å². The fraction of sp³-hybridized carbons (Fsp3) is 0. The topological polar surface area (TPSA) is 115 Å². The second-order valence-corrected chi connectivity index (χ2v) is 6.24. The van der Waals surface area contributed by atoms with Crippen molar-refractivity contribution in [2.75, 3.05) is 0 Å². The summed E-state index contributed by atoms with van der Waals surface area (Å²) in [7, 11) is 0. The molecule has 1 heterocycles. The number of aromatic nitrogens is 2. The molecule has 0 aliphatic heterocycles. The molecule has 0 saturated carbocycles. The summed E-state index contributed by atoms with van der Waals surface area (Å²) in [5.41, 5.74) is -0.216. The van der Waals surface area contributed by atoms with E-state index in [1.165, 1.54) is 0 Å². The number of fused-ring (bicyclic) bond motifs is 1. The van der Waals surface area contributed by atoms with Crippen molar-refractivity contribution in [3.63, 3.8) is 0 Å². The van der Waals surface area contributed by atoms with Crippen molar-refractivity contribution in [2.45, 2.75) is 0 Å². The first-order chi connectivity index (χ1) is 14.0. The number of carboxylic acids is 1. The lowest BCUT2D eigenvalue weighted by Gasteiger charge is -2.12. The van der Waals surface area contributed by atoms with Gasteiger partial charge in [0.05, 0.1) is 21.6 Å². The molecule has 0 bridgehead atoms. The minimum Gasteiger partial charge on any atom is -0.478 e. The van der Waals surface area contributed by atoms with E-state index in [0.29, 0.717) is 16.5 Å². The molecule has 4 rings (SSSR count). The quantitative estimate of drug-likeness (QED) is 0.422. The van der Waals surface area contributed by atoms with Crippen LogP contribution in [-0.2, 0) is 0 Å². The number of nitro benzene ring substituents is 1. The van der Waals surface area contributed by atoms with Crippen LogP contribution in [0, 0.1) is 10.1 Å². The molecule has 4 aromatic rings. The van der Waals surface area contributed by atoms with Gasteiger partial charge in [-0.2, -0.15) is 9.78 Å². The number of nitrogens with zero attached hydrogens (tertiary/aromatic N) is 3. The van der Waals surface area contributed by atoms with E-state index in [1.807, 2.05) is 30.3 Å². The van der Waals surface area contributed by atoms with Gasteiger partial charge in [-0.05, 0) is 18.2 Å². The van der Waals surface area contributed by atoms with Gasteiger partial charge in [-0.3, -0.25) is 14.9 Å². The third-order valence-electron chi connectivity index (χ3n) is 4.50. The van der Waals surface area contributed by atoms with Gasteiger partial charge in [-0.1, -0.05) is 48.5 Å². The molecule has 0 aliphatic rings. The summed E-state index contributed by atoms with van der Waals surface area (Å²) in [4.78, 5) is 35.3. The van der Waals surface area contributed by atoms with Crippen molar-refractivity contribution in [3.05, 3.63) is 98.8 Å². The van der Waals surface area contributed by atoms with Crippen LogP contribution in [0.15, 0.2) is 77.6 Å². The molecule has 0 atom stereocenters. The average molecular weight is 387 g/mol. The van der Waals surface area contributed by atoms with Crippen LogP contribution in [0.25, 0.3) is 27.7 Å². The third-order valence-corrected chi connectivity index (χ3v) is 4.50. The van der Waals surface area contributed by atoms with Gasteiger partial charge in [0.1, 0.15) is 5.69 Å². The van der Waals surface area contributed by atoms with Crippen molar-refractivity contribution in [1.82, 2.24) is 9.78 Å². The van der Waals surface area contributed by atoms with Gasteiger partial charge < -0.3 is 5.11 Å². The van der Waals surface area contributed by atoms with E-state index in [0.717, 1.165) is 28.4 Å². The monoisotopic (exact) mass is 387 g/mol. The number of rotatable bonds is 4. The lowest BCUT2D eigenvalue weighted by atomic mass is 10.0. The molecular formula is C21H13N3O5. The standard InChI is InChI=1S/C21H13N3O5/c25-20-16-9-5-4-8-15(16)19(13-6-2-1-3-7-13)22-23(20)18-12-14(21(26)27)10-11-17(18)24(28)29/h1-12H,(H,26,27). The zero-order chi connectivity index (χ0) is 20.5. The minimum atomic E-state index is -1.27. The lowest BCUT2D eigenvalue weighted by Crippen LogP contribution is -2.23. The Morgan fingerprint density at radius 1 is 0.966 bits per heavy atom. The fourth-order valence-electron chi connectivity index (χ4n) is 3.14. The first kappa shape index (κ1) is 18.1. The summed E-state index contributed by atoms with van der Waals surface area (Å²) in [6.45, 7) is 0. The molecule has 0 spiro atoms. The van der Waals surface area contributed by atoms with Crippen LogP contribution in [0.1, 0.15) is 10.4 Å². The van der Waals surface area contributed by atoms with Crippen LogP contribution in [0.2, 0.25) is 0 Å². The van der Waals surface area contributed by atoms with Gasteiger partial charge in [0.15, 0.2) is 0 Å². The van der Waals surface area contributed by atoms with Crippen LogP contribution < -0.4 is 5.56 Å². The van der Waals surface area contributed by atoms with E-state index in [1.54, 1.807) is 24.3 Å². The Morgan fingerprint density at radius 2 is 1.62 bits per heavy atom. The number of nitro groups is 1. The highest BCUT2D eigenvalue weighted by molar-refractivity contribution is 5.94. The molecule has 3 aromatic carbocycles. The number of benzene rings is 3. The molecule has 0 fully saturated rings. The normalized spacial score (nSPS) is 10.8. The first-order valence-corrected chi connectivity index (χ1v) is 8.57. The number of hydrogen-bond acceptors (Lipinski definition) is 5. The first-order valence-electron chi connectivity index (χ1n) is 8.57. The van der Waals surface area contributed by atoms with Crippen LogP contribution in [0.5, 0.6) is 0 Å². The van der Waals surface area contributed by atoms with Gasteiger partial charge in [0.2, 0.25) is 0 Å². The average Bonchev–Trinajstić information content (AvgIpc) is 2.74. The summed E-state index contributed by atoms with van der Waals surface area (Å²) in [6.07, 6.45) is 0. The van der Waals surface area contributed by atoms with Crippen molar-refractivity contribution in [2.24, 2.45) is 0 Å². The van der Waals surface area contributed by atoms with Crippen molar-refractivity contribution in [3.8, 4) is 16.9 Å². The molecule has 0 saturated heterocycles. The van der Waals surface area contributed by atoms with Gasteiger partial charge in [-0.25, -0.2) is 4.79 Å². The SMILES string of the molecule is O=C(O)c1ccc([N+](=O)[O-])c(-n2nc(-c3ccccc3)c3ccccc3c2=O)c1. The molecular weight excluding hydrogens is 374 g/mol. The minimum absolute atomic E-state index is 0.186. The highest BCUT2D eigenvalue weighted by atomic mass is 16.6. The van der Waals surface area contributed by atoms with E-state index < -0.39 is 22.1 Å². The number of carboxylic acid groups (broad SMARTS) is 1. The van der Waals surface area contributed by atoms with Crippen molar-refractivity contribution in [1.29, 1.82) is 0 Å². The Balaban J connectivity index is 2.12. The van der Waals surface area contributed by atoms with Gasteiger partial charge in [0, 0.05) is 17.0 Å². The maximum atomic E-state index is 13.1. The zero-order valence-corrected chi connectivity index (χ0v) is 14.9. The molecule has 0 radical (unpaired) electrons. The Morgan fingerprint density at radius 3 is 2.28 bits per heavy atom. The second kappa shape index (κ2) is 7.01. The van der Waals surface area contributed by atoms with Crippen molar-refractivity contribution >= 4 is 22.4 Å². The molecule has 0 unspecified atom stereocenters. The largest absolute Gasteiger partial charge is 0.478 e. The van der Waals surface area contributed by atoms with Crippen LogP contribution in [0.3, 0.4) is 0 Å². The lowest BCUT2D eigenvalue weighted by molar-refractivity contribution is -0.384. The summed E-state index contributed by atoms with van der Waals surface area (Å²) in [6, 6.07) is 19.2. The summed E-state index contributed by atoms with van der Waals surface area (Å²) >= 11 is 0. The van der Waals surface area contributed by atoms with E-state index >= 15 is 0 Å².